The maximum Gasteiger partial charge on any atom is 0.407 e. The molecule has 0 bridgehead atoms. The summed E-state index contributed by atoms with van der Waals surface area (Å²) < 4.78 is 35.8. The van der Waals surface area contributed by atoms with Gasteiger partial charge in [-0.1, -0.05) is 38.2 Å². The van der Waals surface area contributed by atoms with Crippen molar-refractivity contribution in [1.82, 2.24) is 35.5 Å². The summed E-state index contributed by atoms with van der Waals surface area (Å²) in [5.41, 5.74) is 3.82. The van der Waals surface area contributed by atoms with Gasteiger partial charge < -0.3 is 30.2 Å². The number of alkyl halides is 2. The van der Waals surface area contributed by atoms with Crippen LogP contribution in [0.4, 0.5) is 13.6 Å². The van der Waals surface area contributed by atoms with E-state index >= 15 is 8.78 Å². The van der Waals surface area contributed by atoms with Crippen LogP contribution in [0.15, 0.2) is 47.8 Å². The third kappa shape index (κ3) is 6.38. The Labute approximate surface area is 261 Å². The van der Waals surface area contributed by atoms with Crippen LogP contribution in [0.3, 0.4) is 0 Å². The van der Waals surface area contributed by atoms with E-state index in [0.717, 1.165) is 42.8 Å². The molecular weight excluding hydrogens is 580 g/mol. The number of hydrogen-bond acceptors (Lipinski definition) is 6. The molecule has 2 aromatic heterocycles. The zero-order valence-corrected chi connectivity index (χ0v) is 25.9. The number of rotatable bonds is 8. The molecule has 2 amide bonds. The lowest BCUT2D eigenvalue weighted by molar-refractivity contribution is -0.135. The number of halogens is 2. The number of amides is 2. The van der Waals surface area contributed by atoms with Crippen LogP contribution in [0.1, 0.15) is 87.5 Å². The summed E-state index contributed by atoms with van der Waals surface area (Å²) in [7, 11) is 1.26. The lowest BCUT2D eigenvalue weighted by Crippen LogP contribution is -2.51. The quantitative estimate of drug-likeness (QED) is 0.312. The van der Waals surface area contributed by atoms with E-state index in [-0.39, 0.29) is 36.8 Å². The molecule has 4 aliphatic rings. The number of carbonyl (C=O) groups excluding carboxylic acids is 2. The van der Waals surface area contributed by atoms with Gasteiger partial charge in [0.05, 0.1) is 43.0 Å². The molecule has 0 aromatic carbocycles. The lowest BCUT2D eigenvalue weighted by atomic mass is 9.85. The molecule has 10 nitrogen and oxygen atoms in total. The first-order valence-electron chi connectivity index (χ1n) is 15.8. The second kappa shape index (κ2) is 13.1. The Morgan fingerprint density at radius 3 is 2.11 bits per heavy atom. The smallest absolute Gasteiger partial charge is 0.407 e. The molecule has 0 saturated carbocycles. The number of methoxy groups -OCH3 is 1. The fourth-order valence-corrected chi connectivity index (χ4v) is 6.75. The third-order valence-corrected chi connectivity index (χ3v) is 9.26. The molecule has 2 saturated heterocycles. The number of nitrogens with one attached hydrogen (secondary N) is 4. The molecule has 45 heavy (non-hydrogen) atoms. The largest absolute Gasteiger partial charge is 0.453 e. The van der Waals surface area contributed by atoms with Crippen LogP contribution in [0.2, 0.25) is 0 Å². The summed E-state index contributed by atoms with van der Waals surface area (Å²) in [5.74, 6) is 1.07. The first-order chi connectivity index (χ1) is 21.7. The number of hydrogen-bond donors (Lipinski definition) is 4. The van der Waals surface area contributed by atoms with Crippen LogP contribution >= 0.6 is 0 Å². The number of alkyl carbamates (subject to hydrolysis) is 1. The second-order valence-corrected chi connectivity index (χ2v) is 12.5. The summed E-state index contributed by atoms with van der Waals surface area (Å²) in [6.45, 7) is 5.22. The predicted molar refractivity (Wildman–Crippen MR) is 166 cm³/mol. The van der Waals surface area contributed by atoms with Crippen molar-refractivity contribution in [2.45, 2.75) is 82.8 Å². The zero-order valence-electron chi connectivity index (χ0n) is 25.9. The van der Waals surface area contributed by atoms with E-state index in [0.29, 0.717) is 41.3 Å². The standard InChI is InChI=1S/C33H41F2N7O3/c1-18(2)29(41-33(44)45-3)32(43)42-13-5-7-28(42)31-38-17-27(40-31)22-11-9-20(15-24(22)35)19-8-10-21(23(34)14-19)26-16-37-30(39-26)25-6-4-12-36-25/h8-11,16-18,23-25,28-29,36H,4-7,12-15H2,1-3H3,(H,37,39)(H,38,40)(H,41,44)/t23?,24?,25-,28-,29-/m0/s1. The van der Waals surface area contributed by atoms with Gasteiger partial charge in [-0.15, -0.1) is 0 Å². The molecule has 240 valence electrons. The Balaban J connectivity index is 1.16. The molecule has 2 aromatic rings. The molecule has 4 heterocycles. The summed E-state index contributed by atoms with van der Waals surface area (Å²) in [6.07, 6.45) is 11.3. The Morgan fingerprint density at radius 2 is 1.56 bits per heavy atom. The topological polar surface area (TPSA) is 128 Å². The summed E-state index contributed by atoms with van der Waals surface area (Å²) in [6, 6.07) is -0.863. The van der Waals surface area contributed by atoms with Crippen LogP contribution in [0, 0.1) is 5.92 Å². The molecule has 2 aliphatic heterocycles. The van der Waals surface area contributed by atoms with Crippen LogP contribution in [-0.2, 0) is 9.53 Å². The highest BCUT2D eigenvalue weighted by Gasteiger charge is 2.38. The molecule has 6 rings (SSSR count). The first-order valence-corrected chi connectivity index (χ1v) is 15.8. The minimum Gasteiger partial charge on any atom is -0.453 e. The Bertz CT molecular complexity index is 1550. The number of carbonyl (C=O) groups is 2. The van der Waals surface area contributed by atoms with E-state index in [4.69, 9.17) is 4.74 Å². The molecule has 2 fully saturated rings. The molecule has 0 spiro atoms. The van der Waals surface area contributed by atoms with Gasteiger partial charge in [0.2, 0.25) is 5.91 Å². The minimum atomic E-state index is -1.30. The van der Waals surface area contributed by atoms with Crippen molar-refractivity contribution < 1.29 is 23.1 Å². The van der Waals surface area contributed by atoms with Crippen molar-refractivity contribution in [3.63, 3.8) is 0 Å². The first kappa shape index (κ1) is 30.9. The molecular formula is C33H41F2N7O3. The van der Waals surface area contributed by atoms with E-state index in [9.17, 15) is 9.59 Å². The highest BCUT2D eigenvalue weighted by Crippen LogP contribution is 2.39. The summed E-state index contributed by atoms with van der Waals surface area (Å²) in [4.78, 5) is 42.6. The highest BCUT2D eigenvalue weighted by molar-refractivity contribution is 5.86. The fourth-order valence-electron chi connectivity index (χ4n) is 6.75. The lowest BCUT2D eigenvalue weighted by Gasteiger charge is -2.30. The van der Waals surface area contributed by atoms with E-state index in [1.807, 2.05) is 26.0 Å². The van der Waals surface area contributed by atoms with Crippen molar-refractivity contribution in [1.29, 1.82) is 0 Å². The molecule has 2 unspecified atom stereocenters. The average Bonchev–Trinajstić information content (AvgIpc) is 3.85. The number of imidazole rings is 2. The molecule has 4 N–H and O–H groups in total. The van der Waals surface area contributed by atoms with Gasteiger partial charge in [-0.3, -0.25) is 4.79 Å². The fraction of sp³-hybridized carbons (Fsp3) is 0.515. The highest BCUT2D eigenvalue weighted by atomic mass is 19.1. The number of aromatic amines is 2. The Hall–Kier alpha value is -4.06. The number of H-pyrrole nitrogens is 2. The second-order valence-electron chi connectivity index (χ2n) is 12.5. The van der Waals surface area contributed by atoms with Gasteiger partial charge >= 0.3 is 6.09 Å². The monoisotopic (exact) mass is 621 g/mol. The van der Waals surface area contributed by atoms with E-state index < -0.39 is 24.5 Å². The SMILES string of the molecule is COC(=O)N[C@H](C(=O)N1CCC[C@H]1c1ncc(C2=CC=C(C3=CC=C(c4cnc([C@@H]5CCCN5)[nH]4)C(F)C3)CC2F)[nH]1)C(C)C. The van der Waals surface area contributed by atoms with Crippen molar-refractivity contribution in [3.8, 4) is 0 Å². The van der Waals surface area contributed by atoms with Gasteiger partial charge in [-0.05, 0) is 49.3 Å². The normalized spacial score (nSPS) is 25.9. The number of nitrogens with zero attached hydrogens (tertiary/aromatic N) is 3. The van der Waals surface area contributed by atoms with Crippen LogP contribution in [-0.4, -0.2) is 75.4 Å². The predicted octanol–water partition coefficient (Wildman–Crippen LogP) is 5.40. The van der Waals surface area contributed by atoms with Crippen molar-refractivity contribution in [2.75, 3.05) is 20.2 Å². The van der Waals surface area contributed by atoms with Gasteiger partial charge in [0.1, 0.15) is 30.0 Å². The van der Waals surface area contributed by atoms with Crippen LogP contribution in [0.5, 0.6) is 0 Å². The maximum absolute atomic E-state index is 15.6. The van der Waals surface area contributed by atoms with Gasteiger partial charge in [0, 0.05) is 30.5 Å². The summed E-state index contributed by atoms with van der Waals surface area (Å²) >= 11 is 0. The molecule has 12 heteroatoms. The number of aromatic nitrogens is 4. The number of allylic oxidation sites excluding steroid dienone is 8. The van der Waals surface area contributed by atoms with E-state index in [1.165, 1.54) is 7.11 Å². The number of ether oxygens (including phenoxy) is 1. The molecule has 0 radical (unpaired) electrons. The van der Waals surface area contributed by atoms with Crippen LogP contribution < -0.4 is 10.6 Å². The molecule has 5 atom stereocenters. The Kier molecular flexibility index (Phi) is 9.02. The number of likely N-dealkylation sites (tertiary alicyclic amines) is 1. The van der Waals surface area contributed by atoms with E-state index in [1.54, 1.807) is 29.4 Å². The van der Waals surface area contributed by atoms with Crippen molar-refractivity contribution >= 4 is 23.1 Å². The summed E-state index contributed by atoms with van der Waals surface area (Å²) in [5, 5.41) is 6.05. The van der Waals surface area contributed by atoms with Gasteiger partial charge in [-0.2, -0.15) is 0 Å². The maximum atomic E-state index is 15.6. The van der Waals surface area contributed by atoms with Gasteiger partial charge in [-0.25, -0.2) is 23.5 Å². The third-order valence-electron chi connectivity index (χ3n) is 9.26. The molecule has 2 aliphatic carbocycles. The van der Waals surface area contributed by atoms with Crippen molar-refractivity contribution in [3.05, 3.63) is 70.9 Å². The van der Waals surface area contributed by atoms with E-state index in [2.05, 4.69) is 30.6 Å². The van der Waals surface area contributed by atoms with Crippen molar-refractivity contribution in [2.24, 2.45) is 5.92 Å². The minimum absolute atomic E-state index is 0.132. The zero-order chi connectivity index (χ0) is 31.7. The van der Waals surface area contributed by atoms with Crippen LogP contribution in [0.25, 0.3) is 11.1 Å². The van der Waals surface area contributed by atoms with Gasteiger partial charge in [0.15, 0.2) is 0 Å². The van der Waals surface area contributed by atoms with Gasteiger partial charge in [0.25, 0.3) is 0 Å². The average molecular weight is 622 g/mol. The Morgan fingerprint density at radius 1 is 0.933 bits per heavy atom.